The van der Waals surface area contributed by atoms with E-state index in [0.29, 0.717) is 12.3 Å². The number of nitrogens with one attached hydrogen (secondary N) is 1. The largest absolute Gasteiger partial charge is 0.397 e. The maximum Gasteiger partial charge on any atom is 0.224 e. The Morgan fingerprint density at radius 1 is 1.20 bits per heavy atom. The van der Waals surface area contributed by atoms with Gasteiger partial charge >= 0.3 is 0 Å². The number of halogens is 2. The molecule has 1 aromatic rings. The number of carbonyl (C=O) groups is 1. The van der Waals surface area contributed by atoms with Crippen molar-refractivity contribution in [1.29, 1.82) is 0 Å². The van der Waals surface area contributed by atoms with Gasteiger partial charge in [-0.1, -0.05) is 25.7 Å². The van der Waals surface area contributed by atoms with Crippen LogP contribution >= 0.6 is 0 Å². The van der Waals surface area contributed by atoms with Crippen LogP contribution < -0.4 is 11.1 Å². The van der Waals surface area contributed by atoms with E-state index in [-0.39, 0.29) is 17.3 Å². The van der Waals surface area contributed by atoms with E-state index in [1.165, 1.54) is 18.9 Å². The Morgan fingerprint density at radius 2 is 1.85 bits per heavy atom. The Bertz CT molecular complexity index is 483. The van der Waals surface area contributed by atoms with Crippen LogP contribution in [0.1, 0.15) is 44.9 Å². The van der Waals surface area contributed by atoms with Gasteiger partial charge in [-0.2, -0.15) is 0 Å². The second-order valence-corrected chi connectivity index (χ2v) is 5.44. The summed E-state index contributed by atoms with van der Waals surface area (Å²) in [6, 6.07) is 2.20. The Morgan fingerprint density at radius 3 is 2.50 bits per heavy atom. The van der Waals surface area contributed by atoms with Gasteiger partial charge in [-0.15, -0.1) is 0 Å². The molecule has 0 aliphatic heterocycles. The van der Waals surface area contributed by atoms with E-state index >= 15 is 0 Å². The fraction of sp³-hybridized carbons (Fsp3) is 0.533. The molecule has 1 fully saturated rings. The Labute approximate surface area is 117 Å². The quantitative estimate of drug-likeness (QED) is 0.653. The predicted octanol–water partition coefficient (Wildman–Crippen LogP) is 3.85. The van der Waals surface area contributed by atoms with Gasteiger partial charge in [0.15, 0.2) is 11.6 Å². The summed E-state index contributed by atoms with van der Waals surface area (Å²) in [6.45, 7) is 0. The number of nitrogen functional groups attached to an aromatic ring is 1. The third-order valence-corrected chi connectivity index (χ3v) is 3.84. The van der Waals surface area contributed by atoms with Crippen LogP contribution in [0.15, 0.2) is 12.1 Å². The molecule has 20 heavy (non-hydrogen) atoms. The molecule has 0 saturated heterocycles. The minimum absolute atomic E-state index is 0.0399. The van der Waals surface area contributed by atoms with Crippen LogP contribution in [0, 0.1) is 17.6 Å². The fourth-order valence-electron chi connectivity index (χ4n) is 2.71. The number of rotatable bonds is 3. The standard InChI is InChI=1S/C15H20F2N2O/c16-11-7-8-12(18)15(14(11)17)19-13(20)9-10-5-3-1-2-4-6-10/h7-8,10H,1-6,9,18H2,(H,19,20). The molecule has 0 aromatic heterocycles. The predicted molar refractivity (Wildman–Crippen MR) is 75.2 cm³/mol. The highest BCUT2D eigenvalue weighted by molar-refractivity contribution is 5.94. The summed E-state index contributed by atoms with van der Waals surface area (Å²) in [7, 11) is 0. The highest BCUT2D eigenvalue weighted by atomic mass is 19.2. The fourth-order valence-corrected chi connectivity index (χ4v) is 2.71. The number of anilines is 2. The van der Waals surface area contributed by atoms with Crippen LogP contribution in [0.5, 0.6) is 0 Å². The van der Waals surface area contributed by atoms with E-state index < -0.39 is 11.6 Å². The molecule has 2 rings (SSSR count). The van der Waals surface area contributed by atoms with Crippen LogP contribution in [0.3, 0.4) is 0 Å². The van der Waals surface area contributed by atoms with Crippen molar-refractivity contribution < 1.29 is 13.6 Å². The van der Waals surface area contributed by atoms with Gasteiger partial charge in [-0.05, 0) is 30.9 Å². The van der Waals surface area contributed by atoms with Crippen molar-refractivity contribution in [3.63, 3.8) is 0 Å². The third-order valence-electron chi connectivity index (χ3n) is 3.84. The Kier molecular flexibility index (Phi) is 4.93. The molecule has 0 bridgehead atoms. The van der Waals surface area contributed by atoms with E-state index in [0.717, 1.165) is 31.7 Å². The van der Waals surface area contributed by atoms with Gasteiger partial charge in [-0.3, -0.25) is 4.79 Å². The highest BCUT2D eigenvalue weighted by Gasteiger charge is 2.19. The summed E-state index contributed by atoms with van der Waals surface area (Å²) in [5, 5.41) is 2.41. The number of nitrogens with two attached hydrogens (primary N) is 1. The average molecular weight is 282 g/mol. The number of amides is 1. The molecule has 110 valence electrons. The summed E-state index contributed by atoms with van der Waals surface area (Å²) >= 11 is 0. The van der Waals surface area contributed by atoms with Gasteiger partial charge in [0.2, 0.25) is 5.91 Å². The van der Waals surface area contributed by atoms with Crippen LogP contribution in [0.25, 0.3) is 0 Å². The van der Waals surface area contributed by atoms with Crippen LogP contribution in [-0.4, -0.2) is 5.91 Å². The van der Waals surface area contributed by atoms with Crippen molar-refractivity contribution >= 4 is 17.3 Å². The molecule has 5 heteroatoms. The first kappa shape index (κ1) is 14.8. The minimum atomic E-state index is -1.10. The number of benzene rings is 1. The Hall–Kier alpha value is -1.65. The lowest BCUT2D eigenvalue weighted by molar-refractivity contribution is -0.117. The Balaban J connectivity index is 1.99. The normalized spacial score (nSPS) is 16.7. The van der Waals surface area contributed by atoms with E-state index in [1.807, 2.05) is 0 Å². The van der Waals surface area contributed by atoms with Crippen LogP contribution in [0.2, 0.25) is 0 Å². The van der Waals surface area contributed by atoms with Crippen molar-refractivity contribution in [3.8, 4) is 0 Å². The summed E-state index contributed by atoms with van der Waals surface area (Å²) in [5.74, 6) is -2.08. The number of hydrogen-bond donors (Lipinski definition) is 2. The molecular formula is C15H20F2N2O. The zero-order chi connectivity index (χ0) is 14.5. The van der Waals surface area contributed by atoms with Crippen molar-refractivity contribution in [2.45, 2.75) is 44.9 Å². The van der Waals surface area contributed by atoms with Gasteiger partial charge in [0, 0.05) is 6.42 Å². The van der Waals surface area contributed by atoms with E-state index in [4.69, 9.17) is 5.73 Å². The summed E-state index contributed by atoms with van der Waals surface area (Å²) in [6.07, 6.45) is 7.08. The topological polar surface area (TPSA) is 55.1 Å². The maximum atomic E-state index is 13.6. The number of hydrogen-bond acceptors (Lipinski definition) is 2. The van der Waals surface area contributed by atoms with Gasteiger partial charge in [0.1, 0.15) is 5.69 Å². The molecule has 1 aliphatic rings. The average Bonchev–Trinajstić information content (AvgIpc) is 2.68. The molecule has 0 heterocycles. The van der Waals surface area contributed by atoms with Gasteiger partial charge < -0.3 is 11.1 Å². The van der Waals surface area contributed by atoms with Crippen molar-refractivity contribution in [1.82, 2.24) is 0 Å². The van der Waals surface area contributed by atoms with Crippen LogP contribution in [-0.2, 0) is 4.79 Å². The summed E-state index contributed by atoms with van der Waals surface area (Å²) < 4.78 is 26.7. The molecule has 1 aromatic carbocycles. The molecule has 1 saturated carbocycles. The van der Waals surface area contributed by atoms with Crippen molar-refractivity contribution in [3.05, 3.63) is 23.8 Å². The van der Waals surface area contributed by atoms with E-state index in [9.17, 15) is 13.6 Å². The first-order valence-electron chi connectivity index (χ1n) is 7.11. The lowest BCUT2D eigenvalue weighted by Crippen LogP contribution is -2.18. The van der Waals surface area contributed by atoms with Crippen LogP contribution in [0.4, 0.5) is 20.2 Å². The molecular weight excluding hydrogens is 262 g/mol. The highest BCUT2D eigenvalue weighted by Crippen LogP contribution is 2.28. The molecule has 3 nitrogen and oxygen atoms in total. The second kappa shape index (κ2) is 6.68. The van der Waals surface area contributed by atoms with Crippen molar-refractivity contribution in [2.75, 3.05) is 11.1 Å². The summed E-state index contributed by atoms with van der Waals surface area (Å²) in [4.78, 5) is 12.0. The zero-order valence-corrected chi connectivity index (χ0v) is 11.4. The first-order valence-corrected chi connectivity index (χ1v) is 7.11. The molecule has 0 atom stereocenters. The molecule has 0 radical (unpaired) electrons. The number of carbonyl (C=O) groups excluding carboxylic acids is 1. The maximum absolute atomic E-state index is 13.6. The van der Waals surface area contributed by atoms with Gasteiger partial charge in [0.05, 0.1) is 5.69 Å². The molecule has 1 aliphatic carbocycles. The van der Waals surface area contributed by atoms with E-state index in [1.54, 1.807) is 0 Å². The molecule has 1 amide bonds. The summed E-state index contributed by atoms with van der Waals surface area (Å²) in [5.41, 5.74) is 5.37. The lowest BCUT2D eigenvalue weighted by atomic mass is 9.96. The van der Waals surface area contributed by atoms with Gasteiger partial charge in [-0.25, -0.2) is 8.78 Å². The van der Waals surface area contributed by atoms with Crippen molar-refractivity contribution in [2.24, 2.45) is 5.92 Å². The SMILES string of the molecule is Nc1ccc(F)c(F)c1NC(=O)CC1CCCCCC1. The first-order chi connectivity index (χ1) is 9.58. The lowest BCUT2D eigenvalue weighted by Gasteiger charge is -2.15. The molecule has 0 unspecified atom stereocenters. The molecule has 0 spiro atoms. The second-order valence-electron chi connectivity index (χ2n) is 5.44. The zero-order valence-electron chi connectivity index (χ0n) is 11.4. The van der Waals surface area contributed by atoms with Gasteiger partial charge in [0.25, 0.3) is 0 Å². The van der Waals surface area contributed by atoms with E-state index in [2.05, 4.69) is 5.32 Å². The molecule has 3 N–H and O–H groups in total. The monoisotopic (exact) mass is 282 g/mol. The smallest absolute Gasteiger partial charge is 0.224 e. The third kappa shape index (κ3) is 3.68. The minimum Gasteiger partial charge on any atom is -0.397 e.